The molecule has 2 rings (SSSR count). The maximum atomic E-state index is 10.4. The number of aromatic nitrogens is 1. The maximum Gasteiger partial charge on any atom is 0.217 e. The standard InChI is InChI=1S/C11H13NO/c13-9-12-7-6-11(8-12)10-4-2-1-3-5-10/h4,6-9H,1-3,5H2. The fraction of sp³-hybridized carbons (Fsp3) is 0.364. The summed E-state index contributed by atoms with van der Waals surface area (Å²) in [7, 11) is 0. The van der Waals surface area contributed by atoms with Crippen molar-refractivity contribution in [1.29, 1.82) is 0 Å². The van der Waals surface area contributed by atoms with Crippen molar-refractivity contribution < 1.29 is 4.79 Å². The van der Waals surface area contributed by atoms with E-state index in [1.807, 2.05) is 12.3 Å². The highest BCUT2D eigenvalue weighted by atomic mass is 16.1. The molecule has 2 nitrogen and oxygen atoms in total. The molecule has 1 heterocycles. The molecule has 0 unspecified atom stereocenters. The summed E-state index contributed by atoms with van der Waals surface area (Å²) in [5, 5.41) is 0. The lowest BCUT2D eigenvalue weighted by Gasteiger charge is -2.10. The van der Waals surface area contributed by atoms with Crippen LogP contribution in [0.25, 0.3) is 5.57 Å². The van der Waals surface area contributed by atoms with Crippen LogP contribution in [-0.4, -0.2) is 11.0 Å². The Balaban J connectivity index is 2.23. The van der Waals surface area contributed by atoms with Crippen LogP contribution < -0.4 is 0 Å². The molecule has 68 valence electrons. The van der Waals surface area contributed by atoms with E-state index in [2.05, 4.69) is 6.08 Å². The number of hydrogen-bond acceptors (Lipinski definition) is 1. The van der Waals surface area contributed by atoms with Crippen LogP contribution in [0.3, 0.4) is 0 Å². The first kappa shape index (κ1) is 8.30. The molecular formula is C11H13NO. The normalized spacial score (nSPS) is 16.8. The van der Waals surface area contributed by atoms with Crippen LogP contribution >= 0.6 is 0 Å². The van der Waals surface area contributed by atoms with Crippen molar-refractivity contribution in [2.24, 2.45) is 0 Å². The third kappa shape index (κ3) is 1.72. The van der Waals surface area contributed by atoms with Crippen LogP contribution in [0.1, 0.15) is 31.2 Å². The van der Waals surface area contributed by atoms with Gasteiger partial charge in [0.15, 0.2) is 0 Å². The zero-order chi connectivity index (χ0) is 9.10. The van der Waals surface area contributed by atoms with E-state index in [1.54, 1.807) is 10.8 Å². The Hall–Kier alpha value is -1.31. The van der Waals surface area contributed by atoms with E-state index in [-0.39, 0.29) is 0 Å². The van der Waals surface area contributed by atoms with Gasteiger partial charge in [-0.1, -0.05) is 6.08 Å². The zero-order valence-electron chi connectivity index (χ0n) is 7.57. The highest BCUT2D eigenvalue weighted by Crippen LogP contribution is 2.26. The third-order valence-corrected chi connectivity index (χ3v) is 2.50. The van der Waals surface area contributed by atoms with E-state index in [4.69, 9.17) is 0 Å². The first-order valence-electron chi connectivity index (χ1n) is 4.72. The van der Waals surface area contributed by atoms with E-state index in [1.165, 1.54) is 30.4 Å². The summed E-state index contributed by atoms with van der Waals surface area (Å²) in [5.74, 6) is 0. The molecule has 1 aliphatic carbocycles. The number of carbonyl (C=O) groups excluding carboxylic acids is 1. The number of hydrogen-bond donors (Lipinski definition) is 0. The lowest BCUT2D eigenvalue weighted by molar-refractivity contribution is 0.547. The van der Waals surface area contributed by atoms with Crippen LogP contribution in [-0.2, 0) is 4.79 Å². The fourth-order valence-electron chi connectivity index (χ4n) is 1.77. The maximum absolute atomic E-state index is 10.4. The first-order valence-corrected chi connectivity index (χ1v) is 4.72. The monoisotopic (exact) mass is 175 g/mol. The molecule has 2 heteroatoms. The number of nitrogens with zero attached hydrogens (tertiary/aromatic N) is 1. The molecule has 0 fully saturated rings. The molecule has 0 bridgehead atoms. The minimum atomic E-state index is 0.826. The van der Waals surface area contributed by atoms with E-state index in [0.29, 0.717) is 0 Å². The lowest BCUT2D eigenvalue weighted by atomic mass is 9.95. The van der Waals surface area contributed by atoms with Gasteiger partial charge in [-0.15, -0.1) is 0 Å². The van der Waals surface area contributed by atoms with Crippen LogP contribution in [0, 0.1) is 0 Å². The molecule has 0 saturated carbocycles. The van der Waals surface area contributed by atoms with Gasteiger partial charge in [0.2, 0.25) is 6.41 Å². The lowest BCUT2D eigenvalue weighted by Crippen LogP contribution is -1.91. The molecule has 0 spiro atoms. The van der Waals surface area contributed by atoms with Gasteiger partial charge >= 0.3 is 0 Å². The molecule has 0 N–H and O–H groups in total. The summed E-state index contributed by atoms with van der Waals surface area (Å²) in [6, 6.07) is 2.01. The van der Waals surface area contributed by atoms with Gasteiger partial charge in [-0.3, -0.25) is 9.36 Å². The zero-order valence-corrected chi connectivity index (χ0v) is 7.57. The molecule has 1 aromatic rings. The molecule has 0 aromatic carbocycles. The van der Waals surface area contributed by atoms with Crippen LogP contribution in [0.5, 0.6) is 0 Å². The molecule has 0 saturated heterocycles. The second-order valence-corrected chi connectivity index (χ2v) is 3.43. The Morgan fingerprint density at radius 2 is 2.31 bits per heavy atom. The van der Waals surface area contributed by atoms with Crippen molar-refractivity contribution in [2.75, 3.05) is 0 Å². The summed E-state index contributed by atoms with van der Waals surface area (Å²) in [5.41, 5.74) is 2.60. The van der Waals surface area contributed by atoms with Crippen molar-refractivity contribution in [2.45, 2.75) is 25.7 Å². The molecule has 0 aliphatic heterocycles. The Bertz CT molecular complexity index is 336. The smallest absolute Gasteiger partial charge is 0.217 e. The molecule has 0 radical (unpaired) electrons. The minimum Gasteiger partial charge on any atom is -0.297 e. The highest BCUT2D eigenvalue weighted by molar-refractivity contribution is 5.67. The van der Waals surface area contributed by atoms with E-state index in [0.717, 1.165) is 12.8 Å². The second-order valence-electron chi connectivity index (χ2n) is 3.43. The number of rotatable bonds is 2. The van der Waals surface area contributed by atoms with Gasteiger partial charge in [-0.25, -0.2) is 0 Å². The van der Waals surface area contributed by atoms with Crippen LogP contribution in [0.2, 0.25) is 0 Å². The Labute approximate surface area is 77.9 Å². The van der Waals surface area contributed by atoms with Gasteiger partial charge < -0.3 is 0 Å². The number of allylic oxidation sites excluding steroid dienone is 2. The summed E-state index contributed by atoms with van der Waals surface area (Å²) in [6.45, 7) is 0. The fourth-order valence-corrected chi connectivity index (χ4v) is 1.77. The Kier molecular flexibility index (Phi) is 2.30. The summed E-state index contributed by atoms with van der Waals surface area (Å²) in [6.07, 6.45) is 11.7. The molecule has 1 aromatic heterocycles. The molecule has 13 heavy (non-hydrogen) atoms. The Morgan fingerprint density at radius 3 is 2.92 bits per heavy atom. The van der Waals surface area contributed by atoms with E-state index >= 15 is 0 Å². The highest BCUT2D eigenvalue weighted by Gasteiger charge is 2.06. The quantitative estimate of drug-likeness (QED) is 0.633. The van der Waals surface area contributed by atoms with Crippen molar-refractivity contribution in [1.82, 2.24) is 4.57 Å². The van der Waals surface area contributed by atoms with Crippen molar-refractivity contribution in [3.63, 3.8) is 0 Å². The molecular weight excluding hydrogens is 162 g/mol. The van der Waals surface area contributed by atoms with Crippen LogP contribution in [0.15, 0.2) is 24.5 Å². The summed E-state index contributed by atoms with van der Waals surface area (Å²) >= 11 is 0. The topological polar surface area (TPSA) is 22.0 Å². The summed E-state index contributed by atoms with van der Waals surface area (Å²) < 4.78 is 1.56. The molecule has 0 atom stereocenters. The molecule has 0 amide bonds. The first-order chi connectivity index (χ1) is 6.40. The van der Waals surface area contributed by atoms with Crippen LogP contribution in [0.4, 0.5) is 0 Å². The van der Waals surface area contributed by atoms with E-state index < -0.39 is 0 Å². The molecule has 1 aliphatic rings. The van der Waals surface area contributed by atoms with Gasteiger partial charge in [-0.2, -0.15) is 0 Å². The van der Waals surface area contributed by atoms with Crippen molar-refractivity contribution in [3.8, 4) is 0 Å². The van der Waals surface area contributed by atoms with Crippen molar-refractivity contribution in [3.05, 3.63) is 30.1 Å². The van der Waals surface area contributed by atoms with Gasteiger partial charge in [0.25, 0.3) is 0 Å². The van der Waals surface area contributed by atoms with Gasteiger partial charge in [0.05, 0.1) is 0 Å². The van der Waals surface area contributed by atoms with Gasteiger partial charge in [0, 0.05) is 12.4 Å². The minimum absolute atomic E-state index is 0.826. The Morgan fingerprint density at radius 1 is 1.38 bits per heavy atom. The second kappa shape index (κ2) is 3.60. The predicted octanol–water partition coefficient (Wildman–Crippen LogP) is 2.48. The number of carbonyl (C=O) groups is 1. The average molecular weight is 175 g/mol. The van der Waals surface area contributed by atoms with Gasteiger partial charge in [-0.05, 0) is 42.9 Å². The SMILES string of the molecule is O=Cn1ccc(C2=CCCCC2)c1. The third-order valence-electron chi connectivity index (χ3n) is 2.50. The predicted molar refractivity (Wildman–Crippen MR) is 53.0 cm³/mol. The van der Waals surface area contributed by atoms with E-state index in [9.17, 15) is 4.79 Å². The van der Waals surface area contributed by atoms with Gasteiger partial charge in [0.1, 0.15) is 0 Å². The summed E-state index contributed by atoms with van der Waals surface area (Å²) in [4.78, 5) is 10.4. The largest absolute Gasteiger partial charge is 0.297 e. The van der Waals surface area contributed by atoms with Crippen molar-refractivity contribution >= 4 is 12.0 Å². The average Bonchev–Trinajstić information content (AvgIpc) is 2.67.